The minimum absolute atomic E-state index is 0.0550. The van der Waals surface area contributed by atoms with E-state index in [1.54, 1.807) is 6.92 Å². The number of carbonyl (C=O) groups excluding carboxylic acids is 2. The number of rotatable bonds is 2. The summed E-state index contributed by atoms with van der Waals surface area (Å²) >= 11 is 0. The SMILES string of the molecule is CCOC(=O)[C@]12C[C@@H](F)CN1C(=O)CC21CC1. The smallest absolute Gasteiger partial charge is 0.332 e. The second-order valence-corrected chi connectivity index (χ2v) is 5.34. The van der Waals surface area contributed by atoms with Crippen LogP contribution < -0.4 is 0 Å². The molecule has 0 aromatic heterocycles. The fraction of sp³-hybridized carbons (Fsp3) is 0.833. The van der Waals surface area contributed by atoms with Crippen molar-refractivity contribution in [1.29, 1.82) is 0 Å². The lowest BCUT2D eigenvalue weighted by molar-refractivity contribution is -0.160. The van der Waals surface area contributed by atoms with Gasteiger partial charge in [0, 0.05) is 18.3 Å². The first-order valence-electron chi connectivity index (χ1n) is 6.17. The van der Waals surface area contributed by atoms with Crippen molar-refractivity contribution in [2.75, 3.05) is 13.2 Å². The van der Waals surface area contributed by atoms with Gasteiger partial charge in [0.15, 0.2) is 0 Å². The van der Waals surface area contributed by atoms with Gasteiger partial charge in [0.2, 0.25) is 5.91 Å². The maximum atomic E-state index is 13.6. The largest absolute Gasteiger partial charge is 0.464 e. The zero-order valence-corrected chi connectivity index (χ0v) is 9.87. The van der Waals surface area contributed by atoms with Crippen LogP contribution in [0.1, 0.15) is 32.6 Å². The Labute approximate surface area is 99.1 Å². The number of fused-ring (bicyclic) bond motifs is 2. The number of hydrogen-bond donors (Lipinski definition) is 0. The number of nitrogens with zero attached hydrogens (tertiary/aromatic N) is 1. The highest BCUT2D eigenvalue weighted by Crippen LogP contribution is 2.66. The number of amides is 1. The molecule has 5 heteroatoms. The van der Waals surface area contributed by atoms with Crippen LogP contribution in [0.15, 0.2) is 0 Å². The van der Waals surface area contributed by atoms with Gasteiger partial charge in [-0.2, -0.15) is 0 Å². The summed E-state index contributed by atoms with van der Waals surface area (Å²) in [5.74, 6) is -0.487. The number of esters is 1. The van der Waals surface area contributed by atoms with Crippen molar-refractivity contribution in [3.8, 4) is 0 Å². The van der Waals surface area contributed by atoms with Crippen LogP contribution in [-0.4, -0.2) is 41.6 Å². The molecule has 3 rings (SSSR count). The van der Waals surface area contributed by atoms with E-state index in [9.17, 15) is 14.0 Å². The van der Waals surface area contributed by atoms with Crippen molar-refractivity contribution >= 4 is 11.9 Å². The van der Waals surface area contributed by atoms with Gasteiger partial charge in [0.05, 0.1) is 13.2 Å². The number of ether oxygens (including phenoxy) is 1. The Kier molecular flexibility index (Phi) is 2.07. The Hall–Kier alpha value is -1.13. The third kappa shape index (κ3) is 1.17. The molecule has 0 radical (unpaired) electrons. The van der Waals surface area contributed by atoms with Crippen molar-refractivity contribution in [2.24, 2.45) is 5.41 Å². The molecule has 3 fully saturated rings. The average Bonchev–Trinajstić information content (AvgIpc) is 2.89. The Morgan fingerprint density at radius 1 is 1.59 bits per heavy atom. The van der Waals surface area contributed by atoms with Crippen molar-refractivity contribution in [3.05, 3.63) is 0 Å². The third-order valence-corrected chi connectivity index (χ3v) is 4.49. The van der Waals surface area contributed by atoms with Crippen LogP contribution in [0.4, 0.5) is 4.39 Å². The van der Waals surface area contributed by atoms with Crippen LogP contribution in [0.5, 0.6) is 0 Å². The van der Waals surface area contributed by atoms with E-state index in [0.29, 0.717) is 6.42 Å². The van der Waals surface area contributed by atoms with Crippen LogP contribution in [0, 0.1) is 5.41 Å². The van der Waals surface area contributed by atoms with Gasteiger partial charge >= 0.3 is 5.97 Å². The topological polar surface area (TPSA) is 46.6 Å². The molecule has 1 saturated carbocycles. The van der Waals surface area contributed by atoms with Crippen LogP contribution in [0.3, 0.4) is 0 Å². The molecule has 1 amide bonds. The molecule has 0 N–H and O–H groups in total. The molecule has 2 atom stereocenters. The number of alkyl halides is 1. The van der Waals surface area contributed by atoms with Crippen molar-refractivity contribution < 1.29 is 18.7 Å². The van der Waals surface area contributed by atoms with E-state index in [4.69, 9.17) is 4.74 Å². The highest BCUT2D eigenvalue weighted by Gasteiger charge is 2.75. The van der Waals surface area contributed by atoms with Crippen LogP contribution in [0.25, 0.3) is 0 Å². The lowest BCUT2D eigenvalue weighted by atomic mass is 9.79. The highest BCUT2D eigenvalue weighted by molar-refractivity contribution is 5.95. The van der Waals surface area contributed by atoms with E-state index in [-0.39, 0.29) is 30.9 Å². The lowest BCUT2D eigenvalue weighted by Gasteiger charge is -2.34. The molecule has 0 aromatic rings. The van der Waals surface area contributed by atoms with Gasteiger partial charge in [-0.05, 0) is 19.8 Å². The van der Waals surface area contributed by atoms with Crippen LogP contribution in [-0.2, 0) is 14.3 Å². The number of halogens is 1. The van der Waals surface area contributed by atoms with Crippen molar-refractivity contribution in [3.63, 3.8) is 0 Å². The van der Waals surface area contributed by atoms with Crippen molar-refractivity contribution in [1.82, 2.24) is 4.90 Å². The fourth-order valence-electron chi connectivity index (χ4n) is 3.60. The first kappa shape index (κ1) is 11.0. The van der Waals surface area contributed by atoms with E-state index in [1.165, 1.54) is 4.90 Å². The second kappa shape index (κ2) is 3.21. The highest BCUT2D eigenvalue weighted by atomic mass is 19.1. The fourth-order valence-corrected chi connectivity index (χ4v) is 3.60. The summed E-state index contributed by atoms with van der Waals surface area (Å²) in [6.07, 6.45) is 1.08. The molecule has 1 spiro atoms. The lowest BCUT2D eigenvalue weighted by Crippen LogP contribution is -2.53. The van der Waals surface area contributed by atoms with Gasteiger partial charge in [-0.3, -0.25) is 4.79 Å². The van der Waals surface area contributed by atoms with E-state index >= 15 is 0 Å². The van der Waals surface area contributed by atoms with Crippen LogP contribution >= 0.6 is 0 Å². The molecule has 0 unspecified atom stereocenters. The summed E-state index contributed by atoms with van der Waals surface area (Å²) in [6.45, 7) is 2.06. The third-order valence-electron chi connectivity index (χ3n) is 4.49. The summed E-state index contributed by atoms with van der Waals surface area (Å²) in [7, 11) is 0. The van der Waals surface area contributed by atoms with Gasteiger partial charge in [-0.25, -0.2) is 9.18 Å². The Bertz CT molecular complexity index is 393. The monoisotopic (exact) mass is 241 g/mol. The number of carbonyl (C=O) groups is 2. The molecule has 0 bridgehead atoms. The zero-order chi connectivity index (χ0) is 12.3. The summed E-state index contributed by atoms with van der Waals surface area (Å²) in [6, 6.07) is 0. The van der Waals surface area contributed by atoms with Crippen molar-refractivity contribution in [2.45, 2.75) is 44.3 Å². The summed E-state index contributed by atoms with van der Waals surface area (Å²) in [5.41, 5.74) is -1.31. The summed E-state index contributed by atoms with van der Waals surface area (Å²) < 4.78 is 18.7. The molecule has 0 aromatic carbocycles. The van der Waals surface area contributed by atoms with E-state index in [2.05, 4.69) is 0 Å². The summed E-state index contributed by atoms with van der Waals surface area (Å²) in [4.78, 5) is 25.6. The first-order chi connectivity index (χ1) is 8.06. The zero-order valence-electron chi connectivity index (χ0n) is 9.87. The van der Waals surface area contributed by atoms with Gasteiger partial charge < -0.3 is 9.64 Å². The molecular weight excluding hydrogens is 225 g/mol. The van der Waals surface area contributed by atoms with Gasteiger partial charge in [0.25, 0.3) is 0 Å². The molecule has 94 valence electrons. The van der Waals surface area contributed by atoms with Gasteiger partial charge in [-0.15, -0.1) is 0 Å². The summed E-state index contributed by atoms with van der Waals surface area (Å²) in [5, 5.41) is 0. The average molecular weight is 241 g/mol. The van der Waals surface area contributed by atoms with Gasteiger partial charge in [-0.1, -0.05) is 0 Å². The number of hydrogen-bond acceptors (Lipinski definition) is 3. The van der Waals surface area contributed by atoms with Gasteiger partial charge in [0.1, 0.15) is 11.7 Å². The predicted molar refractivity (Wildman–Crippen MR) is 56.9 cm³/mol. The normalized spacial score (nSPS) is 37.4. The second-order valence-electron chi connectivity index (χ2n) is 5.34. The molecule has 2 aliphatic heterocycles. The Morgan fingerprint density at radius 3 is 2.88 bits per heavy atom. The van der Waals surface area contributed by atoms with E-state index < -0.39 is 17.7 Å². The standard InChI is InChI=1S/C12H16FNO3/c1-2-17-10(16)12-5-8(13)7-14(12)9(15)6-11(12)3-4-11/h8H,2-7H2,1H3/t8-,12+/m1/s1. The van der Waals surface area contributed by atoms with E-state index in [0.717, 1.165) is 12.8 Å². The van der Waals surface area contributed by atoms with Crippen LogP contribution in [0.2, 0.25) is 0 Å². The quantitative estimate of drug-likeness (QED) is 0.679. The molecule has 3 aliphatic rings. The maximum Gasteiger partial charge on any atom is 0.332 e. The van der Waals surface area contributed by atoms with E-state index in [1.807, 2.05) is 0 Å². The predicted octanol–water partition coefficient (Wildman–Crippen LogP) is 1.04. The Balaban J connectivity index is 2.02. The molecule has 17 heavy (non-hydrogen) atoms. The molecule has 2 heterocycles. The minimum Gasteiger partial charge on any atom is -0.464 e. The molecule has 1 aliphatic carbocycles. The maximum absolute atomic E-state index is 13.6. The molecule has 2 saturated heterocycles. The first-order valence-corrected chi connectivity index (χ1v) is 6.17. The molecular formula is C12H16FNO3. The minimum atomic E-state index is -1.10. The Morgan fingerprint density at radius 2 is 2.29 bits per heavy atom. The molecule has 4 nitrogen and oxygen atoms in total.